The Labute approximate surface area is 101 Å². The van der Waals surface area contributed by atoms with Crippen molar-refractivity contribution in [3.63, 3.8) is 0 Å². The largest absolute Gasteiger partial charge is 0.480 e. The minimum absolute atomic E-state index is 0.286. The van der Waals surface area contributed by atoms with Crippen LogP contribution in [0, 0.1) is 5.92 Å². The number of aliphatic carboxylic acids is 1. The molecule has 100 valence electrons. The molecule has 0 aliphatic carbocycles. The summed E-state index contributed by atoms with van der Waals surface area (Å²) in [5.41, 5.74) is -0.712. The van der Waals surface area contributed by atoms with Crippen LogP contribution in [0.3, 0.4) is 0 Å². The predicted molar refractivity (Wildman–Crippen MR) is 61.6 cm³/mol. The van der Waals surface area contributed by atoms with E-state index in [1.165, 1.54) is 0 Å². The number of ether oxygens (including phenoxy) is 1. The zero-order chi connectivity index (χ0) is 13.8. The maximum absolute atomic E-state index is 11.4. The Morgan fingerprint density at radius 2 is 1.71 bits per heavy atom. The average Bonchev–Trinajstić information content (AvgIpc) is 2.09. The zero-order valence-corrected chi connectivity index (χ0v) is 10.9. The molecule has 2 atom stereocenters. The first-order chi connectivity index (χ1) is 7.54. The molecule has 17 heavy (non-hydrogen) atoms. The molecular weight excluding hydrogens is 226 g/mol. The topological polar surface area (TPSA) is 95.9 Å². The van der Waals surface area contributed by atoms with Gasteiger partial charge in [0.05, 0.1) is 6.10 Å². The molecule has 0 spiro atoms. The van der Waals surface area contributed by atoms with Crippen LogP contribution in [-0.4, -0.2) is 40.0 Å². The Kier molecular flexibility index (Phi) is 5.41. The van der Waals surface area contributed by atoms with Gasteiger partial charge in [-0.3, -0.25) is 0 Å². The van der Waals surface area contributed by atoms with Gasteiger partial charge < -0.3 is 20.3 Å². The van der Waals surface area contributed by atoms with Crippen LogP contribution in [0.25, 0.3) is 0 Å². The van der Waals surface area contributed by atoms with E-state index in [9.17, 15) is 14.7 Å². The average molecular weight is 247 g/mol. The number of aliphatic hydroxyl groups excluding tert-OH is 1. The summed E-state index contributed by atoms with van der Waals surface area (Å²) in [6.45, 7) is 8.33. The van der Waals surface area contributed by atoms with Crippen LogP contribution in [0.1, 0.15) is 34.6 Å². The van der Waals surface area contributed by atoms with Gasteiger partial charge in [-0.2, -0.15) is 0 Å². The van der Waals surface area contributed by atoms with Crippen LogP contribution in [0.5, 0.6) is 0 Å². The van der Waals surface area contributed by atoms with E-state index in [1.54, 1.807) is 34.6 Å². The van der Waals surface area contributed by atoms with Crippen LogP contribution >= 0.6 is 0 Å². The summed E-state index contributed by atoms with van der Waals surface area (Å²) in [5.74, 6) is -1.58. The Morgan fingerprint density at radius 1 is 1.24 bits per heavy atom. The SMILES string of the molecule is CC(C)[C@H](O)[C@H](NC(=O)OC(C)(C)C)C(=O)O. The van der Waals surface area contributed by atoms with Gasteiger partial charge in [0.2, 0.25) is 0 Å². The predicted octanol–water partition coefficient (Wildman–Crippen LogP) is 0.981. The van der Waals surface area contributed by atoms with Gasteiger partial charge in [0.25, 0.3) is 0 Å². The second-order valence-electron chi connectivity index (χ2n) is 5.20. The lowest BCUT2D eigenvalue weighted by Gasteiger charge is -2.25. The fourth-order valence-electron chi connectivity index (χ4n) is 1.11. The van der Waals surface area contributed by atoms with Crippen molar-refractivity contribution < 1.29 is 24.5 Å². The normalized spacial score (nSPS) is 15.2. The number of nitrogens with one attached hydrogen (secondary N) is 1. The molecular formula is C11H21NO5. The van der Waals surface area contributed by atoms with Gasteiger partial charge in [-0.25, -0.2) is 9.59 Å². The molecule has 0 aromatic carbocycles. The van der Waals surface area contributed by atoms with Crippen molar-refractivity contribution in [3.8, 4) is 0 Å². The molecule has 0 unspecified atom stereocenters. The lowest BCUT2D eigenvalue weighted by atomic mass is 10.00. The first-order valence-corrected chi connectivity index (χ1v) is 5.45. The molecule has 1 amide bonds. The van der Waals surface area contributed by atoms with E-state index in [1.807, 2.05) is 0 Å². The molecule has 0 aliphatic rings. The van der Waals surface area contributed by atoms with E-state index in [0.717, 1.165) is 0 Å². The number of carboxylic acid groups (broad SMARTS) is 1. The number of hydrogen-bond acceptors (Lipinski definition) is 4. The number of hydrogen-bond donors (Lipinski definition) is 3. The van der Waals surface area contributed by atoms with Crippen LogP contribution in [0.2, 0.25) is 0 Å². The van der Waals surface area contributed by atoms with Gasteiger partial charge in [0, 0.05) is 0 Å². The van der Waals surface area contributed by atoms with Crippen LogP contribution in [0.4, 0.5) is 4.79 Å². The summed E-state index contributed by atoms with van der Waals surface area (Å²) >= 11 is 0. The lowest BCUT2D eigenvalue weighted by Crippen LogP contribution is -2.51. The summed E-state index contributed by atoms with van der Waals surface area (Å²) in [6.07, 6.45) is -2.02. The van der Waals surface area contributed by atoms with Crippen molar-refractivity contribution in [1.82, 2.24) is 5.32 Å². The van der Waals surface area contributed by atoms with Gasteiger partial charge in [-0.15, -0.1) is 0 Å². The second kappa shape index (κ2) is 5.86. The summed E-state index contributed by atoms with van der Waals surface area (Å²) in [6, 6.07) is -1.37. The molecule has 3 N–H and O–H groups in total. The van der Waals surface area contributed by atoms with Crippen molar-refractivity contribution in [3.05, 3.63) is 0 Å². The maximum Gasteiger partial charge on any atom is 0.408 e. The van der Waals surface area contributed by atoms with Gasteiger partial charge >= 0.3 is 12.1 Å². The quantitative estimate of drug-likeness (QED) is 0.688. The minimum Gasteiger partial charge on any atom is -0.480 e. The zero-order valence-electron chi connectivity index (χ0n) is 10.9. The Balaban J connectivity index is 4.57. The molecule has 0 heterocycles. The number of aliphatic hydroxyl groups is 1. The van der Waals surface area contributed by atoms with Gasteiger partial charge in [-0.1, -0.05) is 13.8 Å². The number of carboxylic acids is 1. The molecule has 0 saturated carbocycles. The Bertz CT molecular complexity index is 282. The molecule has 0 saturated heterocycles. The highest BCUT2D eigenvalue weighted by atomic mass is 16.6. The van der Waals surface area contributed by atoms with Crippen molar-refractivity contribution in [2.45, 2.75) is 52.4 Å². The van der Waals surface area contributed by atoms with Crippen molar-refractivity contribution >= 4 is 12.1 Å². The van der Waals surface area contributed by atoms with Gasteiger partial charge in [-0.05, 0) is 26.7 Å². The van der Waals surface area contributed by atoms with E-state index >= 15 is 0 Å². The van der Waals surface area contributed by atoms with Crippen LogP contribution in [-0.2, 0) is 9.53 Å². The molecule has 0 aliphatic heterocycles. The number of carbonyl (C=O) groups excluding carboxylic acids is 1. The third-order valence-corrected chi connectivity index (χ3v) is 1.96. The summed E-state index contributed by atoms with van der Waals surface area (Å²) in [4.78, 5) is 22.3. The van der Waals surface area contributed by atoms with Crippen LogP contribution < -0.4 is 5.32 Å². The molecule has 0 bridgehead atoms. The molecule has 6 heteroatoms. The van der Waals surface area contributed by atoms with Crippen molar-refractivity contribution in [1.29, 1.82) is 0 Å². The monoisotopic (exact) mass is 247 g/mol. The fourth-order valence-corrected chi connectivity index (χ4v) is 1.11. The first-order valence-electron chi connectivity index (χ1n) is 5.45. The molecule has 6 nitrogen and oxygen atoms in total. The van der Waals surface area contributed by atoms with Crippen LogP contribution in [0.15, 0.2) is 0 Å². The van der Waals surface area contributed by atoms with E-state index in [4.69, 9.17) is 9.84 Å². The standard InChI is InChI=1S/C11H21NO5/c1-6(2)8(13)7(9(14)15)12-10(16)17-11(3,4)5/h6-8,13H,1-5H3,(H,12,16)(H,14,15)/t7-,8-/m0/s1. The van der Waals surface area contributed by atoms with Crippen molar-refractivity contribution in [2.75, 3.05) is 0 Å². The molecule has 0 radical (unpaired) electrons. The van der Waals surface area contributed by atoms with Gasteiger partial charge in [0.15, 0.2) is 6.04 Å². The summed E-state index contributed by atoms with van der Waals surface area (Å²) in [7, 11) is 0. The second-order valence-corrected chi connectivity index (χ2v) is 5.20. The third-order valence-electron chi connectivity index (χ3n) is 1.96. The smallest absolute Gasteiger partial charge is 0.408 e. The van der Waals surface area contributed by atoms with E-state index in [2.05, 4.69) is 5.32 Å². The number of rotatable bonds is 4. The molecule has 0 aromatic heterocycles. The molecule has 0 fully saturated rings. The number of alkyl carbamates (subject to hydrolysis) is 1. The molecule has 0 rings (SSSR count). The van der Waals surface area contributed by atoms with Gasteiger partial charge in [0.1, 0.15) is 5.60 Å². The first kappa shape index (κ1) is 15.7. The minimum atomic E-state index is -1.37. The highest BCUT2D eigenvalue weighted by Crippen LogP contribution is 2.10. The number of amides is 1. The van der Waals surface area contributed by atoms with E-state index in [0.29, 0.717) is 0 Å². The van der Waals surface area contributed by atoms with E-state index < -0.39 is 29.8 Å². The Hall–Kier alpha value is -1.30. The maximum atomic E-state index is 11.4. The summed E-state index contributed by atoms with van der Waals surface area (Å²) in [5, 5.41) is 20.7. The fraction of sp³-hybridized carbons (Fsp3) is 0.818. The lowest BCUT2D eigenvalue weighted by molar-refractivity contribution is -0.143. The highest BCUT2D eigenvalue weighted by Gasteiger charge is 2.31. The third kappa shape index (κ3) is 6.11. The van der Waals surface area contributed by atoms with E-state index in [-0.39, 0.29) is 5.92 Å². The highest BCUT2D eigenvalue weighted by molar-refractivity contribution is 5.80. The van der Waals surface area contributed by atoms with Crippen molar-refractivity contribution in [2.24, 2.45) is 5.92 Å². The summed E-state index contributed by atoms with van der Waals surface area (Å²) < 4.78 is 4.92. The molecule has 0 aromatic rings. The number of carbonyl (C=O) groups is 2. The Morgan fingerprint density at radius 3 is 2.00 bits per heavy atom.